The molecule has 4 nitrogen and oxygen atoms in total. The van der Waals surface area contributed by atoms with Crippen molar-refractivity contribution in [2.75, 3.05) is 6.54 Å². The van der Waals surface area contributed by atoms with Crippen LogP contribution in [0.4, 0.5) is 0 Å². The summed E-state index contributed by atoms with van der Waals surface area (Å²) in [5, 5.41) is 5.54. The van der Waals surface area contributed by atoms with Gasteiger partial charge in [-0.15, -0.1) is 0 Å². The van der Waals surface area contributed by atoms with Crippen LogP contribution in [0.3, 0.4) is 0 Å². The Kier molecular flexibility index (Phi) is 6.06. The zero-order valence-corrected chi connectivity index (χ0v) is 11.8. The second-order valence-electron chi connectivity index (χ2n) is 4.85. The highest BCUT2D eigenvalue weighted by Gasteiger charge is 2.23. The van der Waals surface area contributed by atoms with Crippen molar-refractivity contribution in [1.29, 1.82) is 0 Å². The summed E-state index contributed by atoms with van der Waals surface area (Å²) in [7, 11) is 0. The van der Waals surface area contributed by atoms with E-state index in [2.05, 4.69) is 10.6 Å². The lowest BCUT2D eigenvalue weighted by molar-refractivity contribution is -0.129. The molecule has 0 heterocycles. The molecule has 104 valence electrons. The molecule has 0 aliphatic rings. The molecule has 0 aliphatic heterocycles. The lowest BCUT2D eigenvalue weighted by atomic mass is 10.0. The van der Waals surface area contributed by atoms with Crippen molar-refractivity contribution >= 4 is 11.8 Å². The van der Waals surface area contributed by atoms with Gasteiger partial charge in [0.25, 0.3) is 0 Å². The van der Waals surface area contributed by atoms with Crippen LogP contribution in [-0.4, -0.2) is 24.4 Å². The van der Waals surface area contributed by atoms with Gasteiger partial charge in [-0.05, 0) is 18.4 Å². The lowest BCUT2D eigenvalue weighted by Crippen LogP contribution is -2.50. The fourth-order valence-electron chi connectivity index (χ4n) is 1.82. The van der Waals surface area contributed by atoms with Crippen LogP contribution in [0.5, 0.6) is 0 Å². The number of hydrogen-bond acceptors (Lipinski definition) is 2. The van der Waals surface area contributed by atoms with Crippen molar-refractivity contribution < 1.29 is 9.59 Å². The molecule has 1 unspecified atom stereocenters. The third-order valence-corrected chi connectivity index (χ3v) is 2.82. The van der Waals surface area contributed by atoms with Crippen LogP contribution in [0, 0.1) is 5.92 Å². The number of likely N-dealkylation sites (N-methyl/N-ethyl adjacent to an activating group) is 1. The summed E-state index contributed by atoms with van der Waals surface area (Å²) in [5.74, 6) is -0.193. The average molecular weight is 262 g/mol. The van der Waals surface area contributed by atoms with Crippen molar-refractivity contribution in [1.82, 2.24) is 10.6 Å². The van der Waals surface area contributed by atoms with E-state index in [-0.39, 0.29) is 17.7 Å². The monoisotopic (exact) mass is 262 g/mol. The van der Waals surface area contributed by atoms with Crippen LogP contribution < -0.4 is 10.6 Å². The van der Waals surface area contributed by atoms with Crippen molar-refractivity contribution in [2.24, 2.45) is 5.92 Å². The quantitative estimate of drug-likeness (QED) is 0.816. The summed E-state index contributed by atoms with van der Waals surface area (Å²) in [4.78, 5) is 23.8. The minimum atomic E-state index is -0.476. The molecular formula is C15H22N2O2. The van der Waals surface area contributed by atoms with Crippen molar-refractivity contribution in [3.05, 3.63) is 35.9 Å². The lowest BCUT2D eigenvalue weighted by Gasteiger charge is -2.21. The van der Waals surface area contributed by atoms with Gasteiger partial charge < -0.3 is 10.6 Å². The Labute approximate surface area is 114 Å². The van der Waals surface area contributed by atoms with E-state index in [0.29, 0.717) is 13.0 Å². The van der Waals surface area contributed by atoms with Crippen LogP contribution in [0.25, 0.3) is 0 Å². The zero-order valence-electron chi connectivity index (χ0n) is 11.8. The van der Waals surface area contributed by atoms with Gasteiger partial charge in [-0.1, -0.05) is 44.2 Å². The van der Waals surface area contributed by atoms with Crippen LogP contribution >= 0.6 is 0 Å². The molecule has 4 heteroatoms. The maximum Gasteiger partial charge on any atom is 0.242 e. The summed E-state index contributed by atoms with van der Waals surface area (Å²) in [6.07, 6.45) is 0.295. The predicted molar refractivity (Wildman–Crippen MR) is 75.6 cm³/mol. The second-order valence-corrected chi connectivity index (χ2v) is 4.85. The molecule has 1 aromatic carbocycles. The molecule has 0 saturated carbocycles. The summed E-state index contributed by atoms with van der Waals surface area (Å²) in [5.41, 5.74) is 0.943. The van der Waals surface area contributed by atoms with Gasteiger partial charge in [0.05, 0.1) is 6.42 Å². The second kappa shape index (κ2) is 7.56. The van der Waals surface area contributed by atoms with Crippen molar-refractivity contribution in [2.45, 2.75) is 33.2 Å². The fourth-order valence-corrected chi connectivity index (χ4v) is 1.82. The third-order valence-electron chi connectivity index (χ3n) is 2.82. The smallest absolute Gasteiger partial charge is 0.242 e. The molecule has 0 spiro atoms. The SMILES string of the molecule is CCNC(=O)C(NC(=O)Cc1ccccc1)C(C)C. The molecule has 0 fully saturated rings. The minimum absolute atomic E-state index is 0.0614. The normalized spacial score (nSPS) is 12.0. The number of benzene rings is 1. The summed E-state index contributed by atoms with van der Waals surface area (Å²) < 4.78 is 0. The van der Waals surface area contributed by atoms with Crippen molar-refractivity contribution in [3.63, 3.8) is 0 Å². The number of nitrogens with one attached hydrogen (secondary N) is 2. The molecular weight excluding hydrogens is 240 g/mol. The van der Waals surface area contributed by atoms with E-state index in [9.17, 15) is 9.59 Å². The third kappa shape index (κ3) is 5.12. The molecule has 1 aromatic rings. The molecule has 19 heavy (non-hydrogen) atoms. The molecule has 2 amide bonds. The molecule has 1 atom stereocenters. The molecule has 0 bridgehead atoms. The van der Waals surface area contributed by atoms with E-state index in [1.807, 2.05) is 51.1 Å². The van der Waals surface area contributed by atoms with E-state index in [4.69, 9.17) is 0 Å². The van der Waals surface area contributed by atoms with Gasteiger partial charge in [0.2, 0.25) is 11.8 Å². The van der Waals surface area contributed by atoms with Gasteiger partial charge in [0.15, 0.2) is 0 Å². The summed E-state index contributed by atoms with van der Waals surface area (Å²) in [6.45, 7) is 6.27. The standard InChI is InChI=1S/C15H22N2O2/c1-4-16-15(19)14(11(2)3)17-13(18)10-12-8-6-5-7-9-12/h5-9,11,14H,4,10H2,1-3H3,(H,16,19)(H,17,18). The minimum Gasteiger partial charge on any atom is -0.355 e. The Bertz CT molecular complexity index is 415. The van der Waals surface area contributed by atoms with Gasteiger partial charge in [-0.2, -0.15) is 0 Å². The molecule has 0 aliphatic carbocycles. The molecule has 0 radical (unpaired) electrons. The predicted octanol–water partition coefficient (Wildman–Crippen LogP) is 1.51. The zero-order chi connectivity index (χ0) is 14.3. The Morgan fingerprint density at radius 3 is 2.32 bits per heavy atom. The van der Waals surface area contributed by atoms with Crippen LogP contribution in [0.15, 0.2) is 30.3 Å². The van der Waals surface area contributed by atoms with Crippen molar-refractivity contribution in [3.8, 4) is 0 Å². The summed E-state index contributed by atoms with van der Waals surface area (Å²) in [6, 6.07) is 9.02. The van der Waals surface area contributed by atoms with Gasteiger partial charge in [0, 0.05) is 6.54 Å². The number of amides is 2. The highest BCUT2D eigenvalue weighted by Crippen LogP contribution is 2.04. The van der Waals surface area contributed by atoms with Gasteiger partial charge >= 0.3 is 0 Å². The van der Waals surface area contributed by atoms with E-state index in [0.717, 1.165) is 5.56 Å². The number of rotatable bonds is 6. The van der Waals surface area contributed by atoms with E-state index in [1.54, 1.807) is 0 Å². The Morgan fingerprint density at radius 1 is 1.16 bits per heavy atom. The molecule has 2 N–H and O–H groups in total. The van der Waals surface area contributed by atoms with Crippen LogP contribution in [-0.2, 0) is 16.0 Å². The Balaban J connectivity index is 2.59. The van der Waals surface area contributed by atoms with Gasteiger partial charge in [0.1, 0.15) is 6.04 Å². The Hall–Kier alpha value is -1.84. The van der Waals surface area contributed by atoms with E-state index < -0.39 is 6.04 Å². The highest BCUT2D eigenvalue weighted by molar-refractivity contribution is 5.88. The van der Waals surface area contributed by atoms with Gasteiger partial charge in [-0.25, -0.2) is 0 Å². The number of carbonyl (C=O) groups excluding carboxylic acids is 2. The largest absolute Gasteiger partial charge is 0.355 e. The van der Waals surface area contributed by atoms with Crippen LogP contribution in [0.1, 0.15) is 26.3 Å². The van der Waals surface area contributed by atoms with Crippen LogP contribution in [0.2, 0.25) is 0 Å². The summed E-state index contributed by atoms with van der Waals surface area (Å²) >= 11 is 0. The number of carbonyl (C=O) groups is 2. The first-order valence-electron chi connectivity index (χ1n) is 6.65. The molecule has 0 aromatic heterocycles. The Morgan fingerprint density at radius 2 is 1.79 bits per heavy atom. The maximum atomic E-state index is 11.9. The van der Waals surface area contributed by atoms with E-state index >= 15 is 0 Å². The first-order valence-corrected chi connectivity index (χ1v) is 6.65. The fraction of sp³-hybridized carbons (Fsp3) is 0.467. The average Bonchev–Trinajstić information content (AvgIpc) is 2.37. The number of hydrogen-bond donors (Lipinski definition) is 2. The topological polar surface area (TPSA) is 58.2 Å². The molecule has 1 rings (SSSR count). The van der Waals surface area contributed by atoms with Gasteiger partial charge in [-0.3, -0.25) is 9.59 Å². The van der Waals surface area contributed by atoms with E-state index in [1.165, 1.54) is 0 Å². The first-order chi connectivity index (χ1) is 9.04. The molecule has 0 saturated heterocycles. The first kappa shape index (κ1) is 15.2. The maximum absolute atomic E-state index is 11.9. The highest BCUT2D eigenvalue weighted by atomic mass is 16.2.